The molecule has 0 bridgehead atoms. The van der Waals surface area contributed by atoms with Crippen LogP contribution in [0.3, 0.4) is 0 Å². The highest BCUT2D eigenvalue weighted by molar-refractivity contribution is 8.18. The second kappa shape index (κ2) is 10.6. The average molecular weight is 513 g/mol. The zero-order chi connectivity index (χ0) is 24.2. The van der Waals surface area contributed by atoms with Crippen LogP contribution in [-0.2, 0) is 11.4 Å². The summed E-state index contributed by atoms with van der Waals surface area (Å²) >= 11 is 13.5. The number of ether oxygens (including phenoxy) is 2. The van der Waals surface area contributed by atoms with Gasteiger partial charge < -0.3 is 9.47 Å². The lowest BCUT2D eigenvalue weighted by molar-refractivity contribution is -0.121. The number of carbonyl (C=O) groups is 1. The molecule has 0 unspecified atom stereocenters. The number of thioether (sulfide) groups is 1. The molecule has 0 N–H and O–H groups in total. The number of amides is 1. The van der Waals surface area contributed by atoms with Crippen molar-refractivity contribution in [3.8, 4) is 11.5 Å². The van der Waals surface area contributed by atoms with E-state index in [9.17, 15) is 4.79 Å². The van der Waals surface area contributed by atoms with E-state index < -0.39 is 0 Å². The first-order valence-corrected chi connectivity index (χ1v) is 12.0. The van der Waals surface area contributed by atoms with Gasteiger partial charge >= 0.3 is 0 Å². The third-order valence-corrected chi connectivity index (χ3v) is 6.79. The molecule has 1 heterocycles. The van der Waals surface area contributed by atoms with E-state index in [1.807, 2.05) is 61.5 Å². The summed E-state index contributed by atoms with van der Waals surface area (Å²) in [5, 5.41) is 1.74. The van der Waals surface area contributed by atoms with Gasteiger partial charge in [0.25, 0.3) is 5.91 Å². The van der Waals surface area contributed by atoms with Gasteiger partial charge in [-0.05, 0) is 66.7 Å². The maximum Gasteiger partial charge on any atom is 0.266 e. The Labute approximate surface area is 213 Å². The molecule has 0 radical (unpaired) electrons. The van der Waals surface area contributed by atoms with Crippen molar-refractivity contribution < 1.29 is 14.3 Å². The zero-order valence-corrected chi connectivity index (χ0v) is 21.2. The predicted octanol–water partition coefficient (Wildman–Crippen LogP) is 7.12. The van der Waals surface area contributed by atoms with Gasteiger partial charge in [0.2, 0.25) is 0 Å². The lowest BCUT2D eigenvalue weighted by Crippen LogP contribution is -2.23. The summed E-state index contributed by atoms with van der Waals surface area (Å²) in [6.45, 7) is 2.29. The molecule has 4 rings (SSSR count). The van der Waals surface area contributed by atoms with E-state index in [0.29, 0.717) is 31.6 Å². The van der Waals surface area contributed by atoms with Crippen molar-refractivity contribution in [3.63, 3.8) is 0 Å². The molecule has 1 fully saturated rings. The third-order valence-electron chi connectivity index (χ3n) is 5.15. The summed E-state index contributed by atoms with van der Waals surface area (Å²) < 4.78 is 11.4. The Bertz CT molecular complexity index is 1290. The number of hydrogen-bond acceptors (Lipinski definition) is 5. The summed E-state index contributed by atoms with van der Waals surface area (Å²) in [4.78, 5) is 19.5. The number of aryl methyl sites for hydroxylation is 1. The van der Waals surface area contributed by atoms with Gasteiger partial charge in [0.15, 0.2) is 16.7 Å². The highest BCUT2D eigenvalue weighted by Crippen LogP contribution is 2.35. The largest absolute Gasteiger partial charge is 0.493 e. The average Bonchev–Trinajstić information content (AvgIpc) is 3.08. The van der Waals surface area contributed by atoms with E-state index in [4.69, 9.17) is 32.7 Å². The molecule has 3 aromatic carbocycles. The monoisotopic (exact) mass is 512 g/mol. The Balaban J connectivity index is 1.52. The number of benzene rings is 3. The SMILES string of the molecule is COc1cc(/C=C2/SC(=Nc3ccc(C)cc3)N(C)C2=O)ccc1OCc1ccc(Cl)cc1Cl. The van der Waals surface area contributed by atoms with Crippen LogP contribution in [0.2, 0.25) is 10.0 Å². The van der Waals surface area contributed by atoms with Crippen molar-refractivity contribution in [2.45, 2.75) is 13.5 Å². The molecule has 8 heteroatoms. The molecule has 1 saturated heterocycles. The highest BCUT2D eigenvalue weighted by Gasteiger charge is 2.30. The Morgan fingerprint density at radius 3 is 2.50 bits per heavy atom. The molecule has 5 nitrogen and oxygen atoms in total. The van der Waals surface area contributed by atoms with E-state index in [0.717, 1.165) is 22.4 Å². The summed E-state index contributed by atoms with van der Waals surface area (Å²) in [5.41, 5.74) is 3.59. The number of halogens is 2. The molecule has 0 aliphatic carbocycles. The van der Waals surface area contributed by atoms with Crippen LogP contribution < -0.4 is 9.47 Å². The number of hydrogen-bond donors (Lipinski definition) is 0. The fourth-order valence-corrected chi connectivity index (χ4v) is 4.67. The number of amidine groups is 1. The van der Waals surface area contributed by atoms with Crippen LogP contribution in [0.15, 0.2) is 70.6 Å². The van der Waals surface area contributed by atoms with E-state index in [1.54, 1.807) is 31.2 Å². The van der Waals surface area contributed by atoms with Crippen molar-refractivity contribution in [1.29, 1.82) is 0 Å². The first kappa shape index (κ1) is 24.2. The molecule has 1 aliphatic heterocycles. The first-order valence-electron chi connectivity index (χ1n) is 10.4. The normalized spacial score (nSPS) is 15.9. The molecule has 34 heavy (non-hydrogen) atoms. The number of nitrogens with zero attached hydrogens (tertiary/aromatic N) is 2. The fraction of sp³-hybridized carbons (Fsp3) is 0.154. The molecule has 3 aromatic rings. The molecule has 0 aromatic heterocycles. The van der Waals surface area contributed by atoms with E-state index in [2.05, 4.69) is 4.99 Å². The van der Waals surface area contributed by atoms with Crippen molar-refractivity contribution in [2.75, 3.05) is 14.2 Å². The third kappa shape index (κ3) is 5.58. The van der Waals surface area contributed by atoms with Crippen LogP contribution in [0.5, 0.6) is 11.5 Å². The van der Waals surface area contributed by atoms with Crippen LogP contribution in [-0.4, -0.2) is 30.1 Å². The van der Waals surface area contributed by atoms with Gasteiger partial charge in [-0.25, -0.2) is 4.99 Å². The van der Waals surface area contributed by atoms with Crippen molar-refractivity contribution in [1.82, 2.24) is 4.90 Å². The number of aliphatic imine (C=N–C) groups is 1. The van der Waals surface area contributed by atoms with Crippen molar-refractivity contribution in [3.05, 3.63) is 92.3 Å². The maximum atomic E-state index is 12.8. The lowest BCUT2D eigenvalue weighted by atomic mass is 10.2. The topological polar surface area (TPSA) is 51.1 Å². The van der Waals surface area contributed by atoms with Gasteiger partial charge in [-0.2, -0.15) is 0 Å². The van der Waals surface area contributed by atoms with E-state index in [1.165, 1.54) is 11.8 Å². The van der Waals surface area contributed by atoms with Crippen LogP contribution in [0.4, 0.5) is 5.69 Å². The van der Waals surface area contributed by atoms with Crippen LogP contribution in [0, 0.1) is 6.92 Å². The number of methoxy groups -OCH3 is 1. The summed E-state index contributed by atoms with van der Waals surface area (Å²) in [6.07, 6.45) is 1.82. The quantitative estimate of drug-likeness (QED) is 0.329. The van der Waals surface area contributed by atoms with Crippen LogP contribution in [0.25, 0.3) is 6.08 Å². The second-order valence-corrected chi connectivity index (χ2v) is 9.49. The van der Waals surface area contributed by atoms with Crippen molar-refractivity contribution >= 4 is 57.8 Å². The Morgan fingerprint density at radius 2 is 1.79 bits per heavy atom. The Morgan fingerprint density at radius 1 is 1.03 bits per heavy atom. The standard InChI is InChI=1S/C26H22Cl2N2O3S/c1-16-4-9-20(10-5-16)29-26-30(2)25(31)24(34-26)13-17-6-11-22(23(12-17)32-3)33-15-18-7-8-19(27)14-21(18)28/h4-14H,15H2,1-3H3/b24-13+,29-26?. The molecule has 0 spiro atoms. The van der Waals surface area contributed by atoms with Gasteiger partial charge in [-0.1, -0.05) is 53.0 Å². The van der Waals surface area contributed by atoms with Gasteiger partial charge in [0.05, 0.1) is 17.7 Å². The molecule has 1 aliphatic rings. The zero-order valence-electron chi connectivity index (χ0n) is 18.8. The number of likely N-dealkylation sites (N-methyl/N-ethyl adjacent to an activating group) is 1. The van der Waals surface area contributed by atoms with Gasteiger partial charge in [-0.15, -0.1) is 0 Å². The predicted molar refractivity (Wildman–Crippen MR) is 140 cm³/mol. The lowest BCUT2D eigenvalue weighted by Gasteiger charge is -2.12. The van der Waals surface area contributed by atoms with Gasteiger partial charge in [0, 0.05) is 22.7 Å². The van der Waals surface area contributed by atoms with Crippen LogP contribution >= 0.6 is 35.0 Å². The van der Waals surface area contributed by atoms with E-state index in [-0.39, 0.29) is 12.5 Å². The van der Waals surface area contributed by atoms with E-state index >= 15 is 0 Å². The van der Waals surface area contributed by atoms with Crippen LogP contribution in [0.1, 0.15) is 16.7 Å². The molecule has 174 valence electrons. The minimum absolute atomic E-state index is 0.104. The molecular weight excluding hydrogens is 491 g/mol. The minimum atomic E-state index is -0.104. The highest BCUT2D eigenvalue weighted by atomic mass is 35.5. The Hall–Kier alpha value is -2.93. The fourth-order valence-electron chi connectivity index (χ4n) is 3.22. The van der Waals surface area contributed by atoms with Crippen molar-refractivity contribution in [2.24, 2.45) is 4.99 Å². The second-order valence-electron chi connectivity index (χ2n) is 7.64. The maximum absolute atomic E-state index is 12.8. The Kier molecular flexibility index (Phi) is 7.51. The molecular formula is C26H22Cl2N2O3S. The molecule has 0 atom stereocenters. The smallest absolute Gasteiger partial charge is 0.266 e. The summed E-state index contributed by atoms with van der Waals surface area (Å²) in [6, 6.07) is 18.6. The summed E-state index contributed by atoms with van der Waals surface area (Å²) in [5.74, 6) is 1.02. The number of rotatable bonds is 6. The minimum Gasteiger partial charge on any atom is -0.493 e. The molecule has 0 saturated carbocycles. The molecule has 1 amide bonds. The summed E-state index contributed by atoms with van der Waals surface area (Å²) in [7, 11) is 3.30. The number of carbonyl (C=O) groups excluding carboxylic acids is 1. The van der Waals surface area contributed by atoms with Gasteiger partial charge in [0.1, 0.15) is 6.61 Å². The first-order chi connectivity index (χ1) is 16.3. The van der Waals surface area contributed by atoms with Gasteiger partial charge in [-0.3, -0.25) is 9.69 Å².